The van der Waals surface area contributed by atoms with E-state index in [1.807, 2.05) is 0 Å². The predicted molar refractivity (Wildman–Crippen MR) is 252 cm³/mol. The van der Waals surface area contributed by atoms with Crippen LogP contribution in [0.15, 0.2) is 12.2 Å². The molecule has 0 heterocycles. The van der Waals surface area contributed by atoms with Crippen molar-refractivity contribution in [2.75, 3.05) is 13.2 Å². The Bertz CT molecular complexity index is 840. The van der Waals surface area contributed by atoms with Crippen molar-refractivity contribution in [3.8, 4) is 0 Å². The minimum absolute atomic E-state index is 0.0606. The van der Waals surface area contributed by atoms with Gasteiger partial charge in [-0.05, 0) is 38.5 Å². The molecule has 0 radical (unpaired) electrons. The maximum absolute atomic E-state index is 12.1. The maximum atomic E-state index is 12.1. The normalized spacial score (nSPS) is 12.1. The number of carbonyl (C=O) groups is 2. The van der Waals surface area contributed by atoms with E-state index in [4.69, 9.17) is 9.47 Å². The van der Waals surface area contributed by atoms with Crippen molar-refractivity contribution in [1.29, 1.82) is 0 Å². The quantitative estimate of drug-likeness (QED) is 0.0376. The van der Waals surface area contributed by atoms with Crippen LogP contribution in [-0.2, 0) is 19.1 Å². The molecule has 344 valence electrons. The number of aliphatic hydroxyl groups excluding tert-OH is 1. The van der Waals surface area contributed by atoms with Crippen molar-refractivity contribution < 1.29 is 24.2 Å². The average molecular weight is 819 g/mol. The van der Waals surface area contributed by atoms with Gasteiger partial charge in [-0.2, -0.15) is 0 Å². The molecule has 0 aliphatic heterocycles. The van der Waals surface area contributed by atoms with Gasteiger partial charge >= 0.3 is 11.9 Å². The van der Waals surface area contributed by atoms with E-state index in [1.54, 1.807) is 0 Å². The predicted octanol–water partition coefficient (Wildman–Crippen LogP) is 17.2. The third-order valence-corrected chi connectivity index (χ3v) is 12.1. The molecule has 0 amide bonds. The summed E-state index contributed by atoms with van der Waals surface area (Å²) < 4.78 is 10.5. The molecule has 1 unspecified atom stereocenters. The van der Waals surface area contributed by atoms with Crippen LogP contribution < -0.4 is 0 Å². The van der Waals surface area contributed by atoms with E-state index in [-0.39, 0.29) is 25.2 Å². The molecule has 0 aliphatic carbocycles. The molecule has 0 spiro atoms. The topological polar surface area (TPSA) is 72.8 Å². The van der Waals surface area contributed by atoms with E-state index in [1.165, 1.54) is 231 Å². The first-order valence-corrected chi connectivity index (χ1v) is 26.2. The Labute approximate surface area is 362 Å². The number of ether oxygens (including phenoxy) is 2. The molecule has 0 saturated carbocycles. The summed E-state index contributed by atoms with van der Waals surface area (Å²) in [6, 6.07) is 0. The molecular formula is C53H102O5. The zero-order valence-corrected chi connectivity index (χ0v) is 39.3. The van der Waals surface area contributed by atoms with Crippen molar-refractivity contribution in [3.63, 3.8) is 0 Å². The van der Waals surface area contributed by atoms with Gasteiger partial charge in [0.05, 0.1) is 6.61 Å². The molecule has 0 fully saturated rings. The number of hydrogen-bond donors (Lipinski definition) is 1. The summed E-state index contributed by atoms with van der Waals surface area (Å²) in [5.41, 5.74) is 0. The second kappa shape index (κ2) is 50.0. The summed E-state index contributed by atoms with van der Waals surface area (Å²) >= 11 is 0. The van der Waals surface area contributed by atoms with Crippen LogP contribution in [0.2, 0.25) is 0 Å². The van der Waals surface area contributed by atoms with Crippen molar-refractivity contribution >= 4 is 11.9 Å². The molecule has 0 aromatic carbocycles. The van der Waals surface area contributed by atoms with E-state index < -0.39 is 6.10 Å². The molecule has 1 N–H and O–H groups in total. The molecule has 1 atom stereocenters. The minimum Gasteiger partial charge on any atom is -0.462 e. The van der Waals surface area contributed by atoms with Crippen LogP contribution in [0, 0.1) is 0 Å². The molecule has 0 aromatic rings. The number of unbranched alkanes of at least 4 members (excludes halogenated alkanes) is 39. The Morgan fingerprint density at radius 2 is 0.638 bits per heavy atom. The number of esters is 2. The Balaban J connectivity index is 3.27. The molecule has 0 bridgehead atoms. The number of carbonyl (C=O) groups excluding carboxylic acids is 2. The lowest BCUT2D eigenvalue weighted by Gasteiger charge is -2.15. The van der Waals surface area contributed by atoms with Crippen molar-refractivity contribution in [2.45, 2.75) is 302 Å². The van der Waals surface area contributed by atoms with Crippen molar-refractivity contribution in [1.82, 2.24) is 0 Å². The summed E-state index contributed by atoms with van der Waals surface area (Å²) in [7, 11) is 0. The fraction of sp³-hybridized carbons (Fsp3) is 0.925. The summed E-state index contributed by atoms with van der Waals surface area (Å²) in [5.74, 6) is -0.590. The SMILES string of the molecule is CCCCCCCCCC/C=C\CCCCCCCCCCCCCCCCCCCCCCCCCCCCCC(=O)OC(CO)COC(=O)CCCCCCC. The molecule has 0 saturated heterocycles. The number of rotatable bonds is 49. The highest BCUT2D eigenvalue weighted by Crippen LogP contribution is 2.17. The number of aliphatic hydroxyl groups is 1. The lowest BCUT2D eigenvalue weighted by atomic mass is 10.0. The summed E-state index contributed by atoms with van der Waals surface area (Å²) in [6.45, 7) is 4.08. The first kappa shape index (κ1) is 56.6. The Morgan fingerprint density at radius 3 is 0.931 bits per heavy atom. The second-order valence-electron chi connectivity index (χ2n) is 18.0. The zero-order chi connectivity index (χ0) is 42.1. The van der Waals surface area contributed by atoms with Gasteiger partial charge in [-0.1, -0.05) is 257 Å². The van der Waals surface area contributed by atoms with Gasteiger partial charge in [0.1, 0.15) is 6.61 Å². The van der Waals surface area contributed by atoms with Crippen LogP contribution in [-0.4, -0.2) is 36.4 Å². The van der Waals surface area contributed by atoms with Crippen LogP contribution in [0.3, 0.4) is 0 Å². The standard InChI is InChI=1S/C53H102O5/c1-3-5-7-9-10-11-12-13-14-15-16-17-18-19-20-21-22-23-24-25-26-27-28-29-30-31-32-33-34-35-36-37-38-39-40-41-42-44-46-48-53(56)58-51(49-54)50-57-52(55)47-45-43-8-6-4-2/h15-16,51,54H,3-14,17-50H2,1-2H3/b16-15-. The van der Waals surface area contributed by atoms with Gasteiger partial charge in [-0.25, -0.2) is 0 Å². The minimum atomic E-state index is -0.761. The highest BCUT2D eigenvalue weighted by molar-refractivity contribution is 5.70. The fourth-order valence-electron chi connectivity index (χ4n) is 8.08. The van der Waals surface area contributed by atoms with E-state index in [2.05, 4.69) is 26.0 Å². The molecule has 0 rings (SSSR count). The van der Waals surface area contributed by atoms with E-state index in [0.29, 0.717) is 12.8 Å². The highest BCUT2D eigenvalue weighted by atomic mass is 16.6. The van der Waals surface area contributed by atoms with Crippen molar-refractivity contribution in [3.05, 3.63) is 12.2 Å². The fourth-order valence-corrected chi connectivity index (χ4v) is 8.08. The molecule has 0 aromatic heterocycles. The van der Waals surface area contributed by atoms with Gasteiger partial charge in [0.25, 0.3) is 0 Å². The Kier molecular flexibility index (Phi) is 48.8. The molecule has 0 aliphatic rings. The zero-order valence-electron chi connectivity index (χ0n) is 39.3. The van der Waals surface area contributed by atoms with Gasteiger partial charge in [0.15, 0.2) is 6.10 Å². The molecule has 5 heteroatoms. The maximum Gasteiger partial charge on any atom is 0.306 e. The number of allylic oxidation sites excluding steroid dienone is 2. The second-order valence-corrected chi connectivity index (χ2v) is 18.0. The highest BCUT2D eigenvalue weighted by Gasteiger charge is 2.16. The summed E-state index contributed by atoms with van der Waals surface area (Å²) in [4.78, 5) is 24.0. The lowest BCUT2D eigenvalue weighted by Crippen LogP contribution is -2.28. The first-order valence-electron chi connectivity index (χ1n) is 26.2. The number of hydrogen-bond acceptors (Lipinski definition) is 5. The largest absolute Gasteiger partial charge is 0.462 e. The van der Waals surface area contributed by atoms with E-state index >= 15 is 0 Å². The Morgan fingerprint density at radius 1 is 0.379 bits per heavy atom. The Hall–Kier alpha value is -1.36. The third kappa shape index (κ3) is 47.3. The summed E-state index contributed by atoms with van der Waals surface area (Å²) in [6.07, 6.45) is 61.1. The van der Waals surface area contributed by atoms with Gasteiger partial charge < -0.3 is 14.6 Å². The molecular weight excluding hydrogens is 717 g/mol. The molecule has 5 nitrogen and oxygen atoms in total. The van der Waals surface area contributed by atoms with Crippen LogP contribution in [0.5, 0.6) is 0 Å². The third-order valence-electron chi connectivity index (χ3n) is 12.1. The lowest BCUT2D eigenvalue weighted by molar-refractivity contribution is -0.161. The van der Waals surface area contributed by atoms with Crippen molar-refractivity contribution in [2.24, 2.45) is 0 Å². The van der Waals surface area contributed by atoms with Gasteiger partial charge in [0.2, 0.25) is 0 Å². The van der Waals surface area contributed by atoms with Gasteiger partial charge in [0, 0.05) is 12.8 Å². The van der Waals surface area contributed by atoms with Crippen LogP contribution >= 0.6 is 0 Å². The van der Waals surface area contributed by atoms with Crippen LogP contribution in [0.25, 0.3) is 0 Å². The van der Waals surface area contributed by atoms with Crippen LogP contribution in [0.1, 0.15) is 296 Å². The average Bonchev–Trinajstić information content (AvgIpc) is 3.23. The van der Waals surface area contributed by atoms with Gasteiger partial charge in [-0.15, -0.1) is 0 Å². The van der Waals surface area contributed by atoms with Gasteiger partial charge in [-0.3, -0.25) is 9.59 Å². The van der Waals surface area contributed by atoms with E-state index in [0.717, 1.165) is 38.5 Å². The first-order chi connectivity index (χ1) is 28.6. The smallest absolute Gasteiger partial charge is 0.306 e. The summed E-state index contributed by atoms with van der Waals surface area (Å²) in [5, 5.41) is 9.50. The van der Waals surface area contributed by atoms with Crippen LogP contribution in [0.4, 0.5) is 0 Å². The molecule has 58 heavy (non-hydrogen) atoms. The van der Waals surface area contributed by atoms with E-state index in [9.17, 15) is 14.7 Å². The monoisotopic (exact) mass is 819 g/mol.